The van der Waals surface area contributed by atoms with Crippen LogP contribution in [0.1, 0.15) is 46.6 Å². The van der Waals surface area contributed by atoms with Gasteiger partial charge in [-0.2, -0.15) is 0 Å². The SMILES string of the molecule is COc1cc(OC)c(N(C)C(=O)[C@H]2c3ccccc3C(=O)N(CC(C)C)[C@H]2c2cccs2)cc1Cl. The number of hydrogen-bond acceptors (Lipinski definition) is 5. The molecule has 0 saturated carbocycles. The number of carbonyl (C=O) groups excluding carboxylic acids is 2. The van der Waals surface area contributed by atoms with Crippen LogP contribution in [0, 0.1) is 5.92 Å². The Bertz CT molecular complexity index is 1230. The molecule has 2 amide bonds. The predicted octanol–water partition coefficient (Wildman–Crippen LogP) is 6.02. The molecule has 0 saturated heterocycles. The number of thiophene rings is 1. The molecule has 1 aliphatic heterocycles. The largest absolute Gasteiger partial charge is 0.495 e. The Balaban J connectivity index is 1.87. The van der Waals surface area contributed by atoms with Crippen LogP contribution in [0.15, 0.2) is 53.9 Å². The Labute approximate surface area is 215 Å². The molecule has 2 aromatic carbocycles. The molecule has 2 atom stereocenters. The van der Waals surface area contributed by atoms with Gasteiger partial charge >= 0.3 is 0 Å². The number of likely N-dealkylation sites (N-methyl/N-ethyl adjacent to an activating group) is 1. The van der Waals surface area contributed by atoms with E-state index in [0.29, 0.717) is 34.3 Å². The third-order valence-corrected chi connectivity index (χ3v) is 7.48. The standard InChI is InChI=1S/C27H29ClN2O4S/c1-16(2)15-30-25(23-11-8-12-35-23)24(17-9-6-7-10-18(17)26(30)31)27(32)29(3)20-13-19(28)21(33-4)14-22(20)34-5/h6-14,16,24-25H,15H2,1-5H3/t24-,25-/m0/s1. The maximum absolute atomic E-state index is 14.3. The fraction of sp³-hybridized carbons (Fsp3) is 0.333. The molecule has 184 valence electrons. The first-order valence-corrected chi connectivity index (χ1v) is 12.7. The van der Waals surface area contributed by atoms with Crippen molar-refractivity contribution in [3.63, 3.8) is 0 Å². The van der Waals surface area contributed by atoms with Gasteiger partial charge in [-0.15, -0.1) is 11.3 Å². The van der Waals surface area contributed by atoms with Crippen molar-refractivity contribution in [2.24, 2.45) is 5.92 Å². The summed E-state index contributed by atoms with van der Waals surface area (Å²) in [5, 5.41) is 2.35. The van der Waals surface area contributed by atoms with Crippen molar-refractivity contribution < 1.29 is 19.1 Å². The number of hydrogen-bond donors (Lipinski definition) is 0. The van der Waals surface area contributed by atoms with Crippen molar-refractivity contribution in [2.75, 3.05) is 32.7 Å². The fourth-order valence-corrected chi connectivity index (χ4v) is 5.77. The molecule has 6 nitrogen and oxygen atoms in total. The summed E-state index contributed by atoms with van der Waals surface area (Å²) in [5.41, 5.74) is 1.82. The van der Waals surface area contributed by atoms with Gasteiger partial charge in [0, 0.05) is 30.1 Å². The highest BCUT2D eigenvalue weighted by Crippen LogP contribution is 2.47. The van der Waals surface area contributed by atoms with Gasteiger partial charge in [-0.3, -0.25) is 9.59 Å². The van der Waals surface area contributed by atoms with Crippen molar-refractivity contribution in [3.05, 3.63) is 74.9 Å². The van der Waals surface area contributed by atoms with Crippen molar-refractivity contribution in [3.8, 4) is 11.5 Å². The van der Waals surface area contributed by atoms with Crippen LogP contribution in [0.5, 0.6) is 11.5 Å². The van der Waals surface area contributed by atoms with Gasteiger partial charge in [0.05, 0.1) is 36.9 Å². The molecule has 1 aromatic heterocycles. The van der Waals surface area contributed by atoms with Crippen LogP contribution in [0.3, 0.4) is 0 Å². The zero-order valence-electron chi connectivity index (χ0n) is 20.4. The molecule has 0 bridgehead atoms. The van der Waals surface area contributed by atoms with Gasteiger partial charge in [0.25, 0.3) is 5.91 Å². The molecule has 3 aromatic rings. The minimum atomic E-state index is -0.600. The summed E-state index contributed by atoms with van der Waals surface area (Å²) in [5.74, 6) is 0.355. The van der Waals surface area contributed by atoms with Crippen molar-refractivity contribution in [1.29, 1.82) is 0 Å². The highest BCUT2D eigenvalue weighted by Gasteiger charge is 2.46. The Morgan fingerprint density at radius 3 is 2.46 bits per heavy atom. The van der Waals surface area contributed by atoms with Crippen LogP contribution in [0.2, 0.25) is 5.02 Å². The van der Waals surface area contributed by atoms with E-state index in [0.717, 1.165) is 10.4 Å². The molecule has 8 heteroatoms. The molecule has 1 aliphatic rings. The number of anilines is 1. The predicted molar refractivity (Wildman–Crippen MR) is 140 cm³/mol. The first kappa shape index (κ1) is 25.1. The number of carbonyl (C=O) groups is 2. The number of amides is 2. The lowest BCUT2D eigenvalue weighted by Gasteiger charge is -2.43. The Hall–Kier alpha value is -3.03. The number of fused-ring (bicyclic) bond motifs is 1. The maximum Gasteiger partial charge on any atom is 0.254 e. The fourth-order valence-electron chi connectivity index (χ4n) is 4.66. The first-order chi connectivity index (χ1) is 16.8. The Morgan fingerprint density at radius 1 is 1.11 bits per heavy atom. The van der Waals surface area contributed by atoms with Crippen LogP contribution in [0.25, 0.3) is 0 Å². The number of halogens is 1. The summed E-state index contributed by atoms with van der Waals surface area (Å²) in [6.45, 7) is 4.69. The number of benzene rings is 2. The maximum atomic E-state index is 14.3. The van der Waals surface area contributed by atoms with E-state index in [-0.39, 0.29) is 17.7 Å². The third kappa shape index (κ3) is 4.62. The topological polar surface area (TPSA) is 59.1 Å². The summed E-state index contributed by atoms with van der Waals surface area (Å²) in [6.07, 6.45) is 0. The average Bonchev–Trinajstić information content (AvgIpc) is 3.39. The number of rotatable bonds is 7. The summed E-state index contributed by atoms with van der Waals surface area (Å²) in [4.78, 5) is 32.3. The minimum Gasteiger partial charge on any atom is -0.495 e. The lowest BCUT2D eigenvalue weighted by atomic mass is 9.80. The monoisotopic (exact) mass is 512 g/mol. The van der Waals surface area contributed by atoms with E-state index in [4.69, 9.17) is 21.1 Å². The van der Waals surface area contributed by atoms with Crippen LogP contribution in [-0.2, 0) is 4.79 Å². The molecular weight excluding hydrogens is 484 g/mol. The lowest BCUT2D eigenvalue weighted by Crippen LogP contribution is -2.48. The second-order valence-corrected chi connectivity index (χ2v) is 10.3. The molecule has 2 heterocycles. The normalized spacial score (nSPS) is 17.3. The minimum absolute atomic E-state index is 0.0514. The molecule has 0 fully saturated rings. The highest BCUT2D eigenvalue weighted by molar-refractivity contribution is 7.10. The van der Waals surface area contributed by atoms with E-state index in [1.807, 2.05) is 40.6 Å². The molecule has 0 N–H and O–H groups in total. The van der Waals surface area contributed by atoms with E-state index >= 15 is 0 Å². The van der Waals surface area contributed by atoms with Gasteiger partial charge in [0.15, 0.2) is 0 Å². The molecule has 35 heavy (non-hydrogen) atoms. The van der Waals surface area contributed by atoms with E-state index in [9.17, 15) is 9.59 Å². The van der Waals surface area contributed by atoms with Gasteiger partial charge in [-0.05, 0) is 35.1 Å². The average molecular weight is 513 g/mol. The van der Waals surface area contributed by atoms with Gasteiger partial charge < -0.3 is 19.3 Å². The molecule has 0 unspecified atom stereocenters. The molecule has 0 aliphatic carbocycles. The van der Waals surface area contributed by atoms with Crippen LogP contribution in [-0.4, -0.2) is 44.5 Å². The van der Waals surface area contributed by atoms with Gasteiger partial charge in [-0.1, -0.05) is 49.7 Å². The molecule has 0 spiro atoms. The van der Waals surface area contributed by atoms with E-state index < -0.39 is 12.0 Å². The van der Waals surface area contributed by atoms with Crippen LogP contribution < -0.4 is 14.4 Å². The molecule has 0 radical (unpaired) electrons. The smallest absolute Gasteiger partial charge is 0.254 e. The first-order valence-electron chi connectivity index (χ1n) is 11.4. The van der Waals surface area contributed by atoms with Gasteiger partial charge in [-0.25, -0.2) is 0 Å². The Morgan fingerprint density at radius 2 is 1.83 bits per heavy atom. The van der Waals surface area contributed by atoms with E-state index in [2.05, 4.69) is 13.8 Å². The van der Waals surface area contributed by atoms with Crippen LogP contribution >= 0.6 is 22.9 Å². The third-order valence-electron chi connectivity index (χ3n) is 6.25. The Kier molecular flexibility index (Phi) is 7.38. The number of ether oxygens (including phenoxy) is 2. The second kappa shape index (κ2) is 10.3. The zero-order valence-corrected chi connectivity index (χ0v) is 22.0. The molecule has 4 rings (SSSR count). The number of methoxy groups -OCH3 is 2. The summed E-state index contributed by atoms with van der Waals surface area (Å²) in [7, 11) is 4.78. The summed E-state index contributed by atoms with van der Waals surface area (Å²) in [6, 6.07) is 14.3. The quantitative estimate of drug-likeness (QED) is 0.388. The van der Waals surface area contributed by atoms with E-state index in [1.165, 1.54) is 14.2 Å². The van der Waals surface area contributed by atoms with Gasteiger partial charge in [0.1, 0.15) is 11.5 Å². The van der Waals surface area contributed by atoms with Gasteiger partial charge in [0.2, 0.25) is 5.91 Å². The summed E-state index contributed by atoms with van der Waals surface area (Å²) < 4.78 is 10.9. The zero-order chi connectivity index (χ0) is 25.3. The number of nitrogens with zero attached hydrogens (tertiary/aromatic N) is 2. The lowest BCUT2D eigenvalue weighted by molar-refractivity contribution is -0.121. The molecular formula is C27H29ClN2O4S. The summed E-state index contributed by atoms with van der Waals surface area (Å²) >= 11 is 7.97. The highest BCUT2D eigenvalue weighted by atomic mass is 35.5. The van der Waals surface area contributed by atoms with E-state index in [1.54, 1.807) is 41.5 Å². The van der Waals surface area contributed by atoms with Crippen molar-refractivity contribution >= 4 is 40.4 Å². The second-order valence-electron chi connectivity index (χ2n) is 8.93. The van der Waals surface area contributed by atoms with Crippen molar-refractivity contribution in [2.45, 2.75) is 25.8 Å². The van der Waals surface area contributed by atoms with Crippen molar-refractivity contribution in [1.82, 2.24) is 4.90 Å². The van der Waals surface area contributed by atoms with Crippen LogP contribution in [0.4, 0.5) is 5.69 Å².